The molecule has 3 aromatic rings. The summed E-state index contributed by atoms with van der Waals surface area (Å²) in [4.78, 5) is 16.0. The van der Waals surface area contributed by atoms with E-state index in [1.54, 1.807) is 6.07 Å². The van der Waals surface area contributed by atoms with E-state index >= 15 is 0 Å². The van der Waals surface area contributed by atoms with Crippen molar-refractivity contribution >= 4 is 46.6 Å². The summed E-state index contributed by atoms with van der Waals surface area (Å²) in [6.45, 7) is 0. The summed E-state index contributed by atoms with van der Waals surface area (Å²) in [7, 11) is 0. The fraction of sp³-hybridized carbons (Fsp3) is 0.0625. The van der Waals surface area contributed by atoms with E-state index in [9.17, 15) is 9.18 Å². The lowest BCUT2D eigenvalue weighted by Gasteiger charge is -2.00. The second-order valence-corrected chi connectivity index (χ2v) is 6.00. The van der Waals surface area contributed by atoms with Crippen LogP contribution in [0.3, 0.4) is 0 Å². The Morgan fingerprint density at radius 2 is 2.17 bits per heavy atom. The molecule has 0 saturated carbocycles. The largest absolute Gasteiger partial charge is 0.431 e. The van der Waals surface area contributed by atoms with Gasteiger partial charge in [0.25, 0.3) is 11.1 Å². The van der Waals surface area contributed by atoms with Crippen LogP contribution in [0.15, 0.2) is 57.2 Å². The summed E-state index contributed by atoms with van der Waals surface area (Å²) >= 11 is 7.00. The van der Waals surface area contributed by atoms with Crippen molar-refractivity contribution in [2.75, 3.05) is 5.75 Å². The first-order chi connectivity index (χ1) is 11.6. The van der Waals surface area contributed by atoms with Crippen molar-refractivity contribution in [1.29, 1.82) is 0 Å². The van der Waals surface area contributed by atoms with Gasteiger partial charge >= 0.3 is 0 Å². The maximum Gasteiger partial charge on any atom is 0.257 e. The van der Waals surface area contributed by atoms with E-state index in [0.717, 1.165) is 17.3 Å². The number of carbonyl (C=O) groups is 1. The molecule has 1 amide bonds. The number of thioether (sulfide) groups is 1. The molecule has 0 aliphatic carbocycles. The van der Waals surface area contributed by atoms with Crippen LogP contribution in [0.4, 0.5) is 4.39 Å². The monoisotopic (exact) mass is 363 g/mol. The van der Waals surface area contributed by atoms with Crippen molar-refractivity contribution in [1.82, 2.24) is 10.4 Å². The van der Waals surface area contributed by atoms with Gasteiger partial charge in [0.15, 0.2) is 5.58 Å². The first kappa shape index (κ1) is 16.5. The average molecular weight is 364 g/mol. The fourth-order valence-electron chi connectivity index (χ4n) is 1.88. The number of nitrogens with one attached hydrogen (secondary N) is 1. The minimum absolute atomic E-state index is 0.0646. The molecule has 0 spiro atoms. The van der Waals surface area contributed by atoms with E-state index in [0.29, 0.717) is 10.8 Å². The number of benzene rings is 2. The number of hydrogen-bond donors (Lipinski definition) is 1. The molecule has 0 aliphatic heterocycles. The van der Waals surface area contributed by atoms with Crippen molar-refractivity contribution in [2.45, 2.75) is 5.22 Å². The second-order valence-electron chi connectivity index (χ2n) is 4.66. The number of oxazole rings is 1. The van der Waals surface area contributed by atoms with Gasteiger partial charge in [0, 0.05) is 5.56 Å². The smallest absolute Gasteiger partial charge is 0.257 e. The molecule has 0 radical (unpaired) electrons. The third-order valence-corrected chi connectivity index (χ3v) is 4.14. The summed E-state index contributed by atoms with van der Waals surface area (Å²) in [6, 6.07) is 11.6. The molecule has 0 fully saturated rings. The second kappa shape index (κ2) is 7.46. The fourth-order valence-corrected chi connectivity index (χ4v) is 2.72. The van der Waals surface area contributed by atoms with Crippen LogP contribution in [-0.2, 0) is 4.79 Å². The van der Waals surface area contributed by atoms with E-state index in [-0.39, 0.29) is 22.2 Å². The summed E-state index contributed by atoms with van der Waals surface area (Å²) < 4.78 is 19.0. The molecule has 5 nitrogen and oxygen atoms in total. The van der Waals surface area contributed by atoms with Crippen LogP contribution in [0.2, 0.25) is 5.02 Å². The standard InChI is InChI=1S/C16H11ClFN3O2S/c17-11-4-3-5-12(18)10(11)8-19-21-15(22)9-24-16-20-13-6-1-2-7-14(13)23-16/h1-8H,9H2,(H,21,22)/b19-8+. The molecule has 8 heteroatoms. The molecule has 1 aromatic heterocycles. The van der Waals surface area contributed by atoms with Gasteiger partial charge in [0.2, 0.25) is 0 Å². The first-order valence-electron chi connectivity index (χ1n) is 6.88. The molecule has 0 saturated heterocycles. The lowest BCUT2D eigenvalue weighted by Crippen LogP contribution is -2.19. The summed E-state index contributed by atoms with van der Waals surface area (Å²) in [6.07, 6.45) is 1.17. The van der Waals surface area contributed by atoms with Gasteiger partial charge in [0.05, 0.1) is 17.0 Å². The highest BCUT2D eigenvalue weighted by Crippen LogP contribution is 2.22. The summed E-state index contributed by atoms with van der Waals surface area (Å²) in [5.41, 5.74) is 3.81. The molecular formula is C16H11ClFN3O2S. The number of amides is 1. The number of carbonyl (C=O) groups excluding carboxylic acids is 1. The Bertz CT molecular complexity index is 860. The van der Waals surface area contributed by atoms with Gasteiger partial charge in [-0.1, -0.05) is 41.6 Å². The molecule has 24 heavy (non-hydrogen) atoms. The highest BCUT2D eigenvalue weighted by Gasteiger charge is 2.09. The zero-order valence-electron chi connectivity index (χ0n) is 12.2. The quantitative estimate of drug-likeness (QED) is 0.424. The Kier molecular flexibility index (Phi) is 5.12. The number of aromatic nitrogens is 1. The maximum atomic E-state index is 13.5. The van der Waals surface area contributed by atoms with Gasteiger partial charge in [-0.3, -0.25) is 4.79 Å². The van der Waals surface area contributed by atoms with Crippen molar-refractivity contribution in [3.8, 4) is 0 Å². The zero-order chi connectivity index (χ0) is 16.9. The van der Waals surface area contributed by atoms with E-state index in [1.807, 2.05) is 18.2 Å². The summed E-state index contributed by atoms with van der Waals surface area (Å²) in [5.74, 6) is -0.817. The molecule has 1 heterocycles. The lowest BCUT2D eigenvalue weighted by atomic mass is 10.2. The average Bonchev–Trinajstić information content (AvgIpc) is 2.98. The number of hydrogen-bond acceptors (Lipinski definition) is 5. The topological polar surface area (TPSA) is 67.5 Å². The van der Waals surface area contributed by atoms with Gasteiger partial charge in [-0.2, -0.15) is 5.10 Å². The SMILES string of the molecule is O=C(CSc1nc2ccccc2o1)N/N=C/c1c(F)cccc1Cl. The van der Waals surface area contributed by atoms with Crippen LogP contribution in [0.1, 0.15) is 5.56 Å². The van der Waals surface area contributed by atoms with Gasteiger partial charge < -0.3 is 4.42 Å². The van der Waals surface area contributed by atoms with Crippen LogP contribution in [-0.4, -0.2) is 22.9 Å². The van der Waals surface area contributed by atoms with Crippen LogP contribution in [0.25, 0.3) is 11.1 Å². The van der Waals surface area contributed by atoms with Gasteiger partial charge in [-0.25, -0.2) is 14.8 Å². The minimum atomic E-state index is -0.513. The molecule has 0 unspecified atom stereocenters. The van der Waals surface area contributed by atoms with Crippen LogP contribution in [0, 0.1) is 5.82 Å². The Labute approximate surface area is 145 Å². The van der Waals surface area contributed by atoms with Crippen molar-refractivity contribution in [3.05, 3.63) is 58.9 Å². The van der Waals surface area contributed by atoms with Crippen molar-refractivity contribution < 1.29 is 13.6 Å². The van der Waals surface area contributed by atoms with E-state index in [1.165, 1.54) is 24.4 Å². The van der Waals surface area contributed by atoms with Crippen LogP contribution >= 0.6 is 23.4 Å². The maximum absolute atomic E-state index is 13.5. The van der Waals surface area contributed by atoms with Crippen LogP contribution in [0.5, 0.6) is 0 Å². The molecule has 0 aliphatic rings. The predicted molar refractivity (Wildman–Crippen MR) is 91.9 cm³/mol. The summed E-state index contributed by atoms with van der Waals surface area (Å²) in [5, 5.41) is 4.32. The molecule has 2 aromatic carbocycles. The molecule has 1 N–H and O–H groups in total. The third kappa shape index (κ3) is 3.93. The van der Waals surface area contributed by atoms with E-state index in [4.69, 9.17) is 16.0 Å². The molecule has 122 valence electrons. The highest BCUT2D eigenvalue weighted by atomic mass is 35.5. The first-order valence-corrected chi connectivity index (χ1v) is 8.24. The molecule has 0 atom stereocenters. The van der Waals surface area contributed by atoms with Gasteiger partial charge in [-0.15, -0.1) is 0 Å². The Hall–Kier alpha value is -2.38. The number of nitrogens with zero attached hydrogens (tertiary/aromatic N) is 2. The predicted octanol–water partition coefficient (Wildman–Crippen LogP) is 3.86. The Balaban J connectivity index is 1.55. The number of halogens is 2. The molecular weight excluding hydrogens is 353 g/mol. The third-order valence-electron chi connectivity index (χ3n) is 2.98. The zero-order valence-corrected chi connectivity index (χ0v) is 13.8. The Morgan fingerprint density at radius 3 is 2.96 bits per heavy atom. The van der Waals surface area contributed by atoms with Crippen molar-refractivity contribution in [3.63, 3.8) is 0 Å². The van der Waals surface area contributed by atoms with Crippen LogP contribution < -0.4 is 5.43 Å². The van der Waals surface area contributed by atoms with Gasteiger partial charge in [0.1, 0.15) is 11.3 Å². The number of para-hydroxylation sites is 2. The Morgan fingerprint density at radius 1 is 1.33 bits per heavy atom. The number of rotatable bonds is 5. The van der Waals surface area contributed by atoms with E-state index in [2.05, 4.69) is 15.5 Å². The highest BCUT2D eigenvalue weighted by molar-refractivity contribution is 7.99. The normalized spacial score (nSPS) is 11.2. The minimum Gasteiger partial charge on any atom is -0.431 e. The van der Waals surface area contributed by atoms with Gasteiger partial charge in [-0.05, 0) is 24.3 Å². The van der Waals surface area contributed by atoms with Crippen molar-refractivity contribution in [2.24, 2.45) is 5.10 Å². The number of fused-ring (bicyclic) bond motifs is 1. The lowest BCUT2D eigenvalue weighted by molar-refractivity contribution is -0.118. The van der Waals surface area contributed by atoms with E-state index < -0.39 is 5.82 Å². The molecule has 0 bridgehead atoms. The molecule has 3 rings (SSSR count). The number of hydrazone groups is 1.